The number of rotatable bonds is 3. The fraction of sp³-hybridized carbons (Fsp3) is 0.833. The summed E-state index contributed by atoms with van der Waals surface area (Å²) in [4.78, 5) is 25.4. The lowest BCUT2D eigenvalue weighted by Crippen LogP contribution is -2.44. The highest BCUT2D eigenvalue weighted by atomic mass is 16.2. The quantitative estimate of drug-likeness (QED) is 0.729. The maximum absolute atomic E-state index is 12.0. The highest BCUT2D eigenvalue weighted by Gasteiger charge is 2.41. The van der Waals surface area contributed by atoms with Crippen LogP contribution in [-0.4, -0.2) is 35.3 Å². The number of nitrogens with one attached hydrogen (secondary N) is 1. The summed E-state index contributed by atoms with van der Waals surface area (Å²) >= 11 is 0. The second-order valence-electron chi connectivity index (χ2n) is 4.71. The molecule has 1 unspecified atom stereocenters. The Kier molecular flexibility index (Phi) is 3.59. The van der Waals surface area contributed by atoms with E-state index in [-0.39, 0.29) is 23.9 Å². The molecule has 0 aromatic rings. The maximum Gasteiger partial charge on any atom is 0.247 e. The van der Waals surface area contributed by atoms with E-state index >= 15 is 0 Å². The largest absolute Gasteiger partial charge is 0.306 e. The molecule has 2 aliphatic rings. The molecule has 0 radical (unpaired) electrons. The standard InChI is InChI=1S/C12H20N2O2/c1-2-13-10-8-11(15)14(12(10)16)9-6-4-3-5-7-9/h9-10,13H,2-8H2,1H3. The molecule has 1 heterocycles. The average Bonchev–Trinajstić information content (AvgIpc) is 2.56. The number of hydrogen-bond donors (Lipinski definition) is 1. The molecule has 1 aliphatic carbocycles. The summed E-state index contributed by atoms with van der Waals surface area (Å²) < 4.78 is 0. The van der Waals surface area contributed by atoms with Crippen molar-refractivity contribution in [3.05, 3.63) is 0 Å². The Morgan fingerprint density at radius 1 is 1.25 bits per heavy atom. The summed E-state index contributed by atoms with van der Waals surface area (Å²) in [7, 11) is 0. The lowest BCUT2D eigenvalue weighted by molar-refractivity contribution is -0.142. The van der Waals surface area contributed by atoms with Crippen LogP contribution in [-0.2, 0) is 9.59 Å². The Labute approximate surface area is 96.4 Å². The summed E-state index contributed by atoms with van der Waals surface area (Å²) in [6, 6.07) is -0.0863. The van der Waals surface area contributed by atoms with Gasteiger partial charge in [-0.1, -0.05) is 26.2 Å². The van der Waals surface area contributed by atoms with Crippen molar-refractivity contribution in [3.8, 4) is 0 Å². The minimum absolute atomic E-state index is 0.00116. The number of carbonyl (C=O) groups excluding carboxylic acids is 2. The molecule has 0 aromatic carbocycles. The minimum atomic E-state index is -0.264. The predicted octanol–water partition coefficient (Wildman–Crippen LogP) is 1.06. The van der Waals surface area contributed by atoms with Gasteiger partial charge in [0.15, 0.2) is 0 Å². The van der Waals surface area contributed by atoms with E-state index in [0.29, 0.717) is 6.42 Å². The van der Waals surface area contributed by atoms with E-state index < -0.39 is 0 Å². The van der Waals surface area contributed by atoms with Crippen LogP contribution >= 0.6 is 0 Å². The smallest absolute Gasteiger partial charge is 0.247 e. The minimum Gasteiger partial charge on any atom is -0.306 e. The van der Waals surface area contributed by atoms with E-state index in [4.69, 9.17) is 0 Å². The van der Waals surface area contributed by atoms with Crippen molar-refractivity contribution in [2.75, 3.05) is 6.54 Å². The van der Waals surface area contributed by atoms with Crippen LogP contribution in [0, 0.1) is 0 Å². The van der Waals surface area contributed by atoms with Gasteiger partial charge in [0.2, 0.25) is 11.8 Å². The van der Waals surface area contributed by atoms with Crippen molar-refractivity contribution in [2.24, 2.45) is 0 Å². The second kappa shape index (κ2) is 4.95. The molecular weight excluding hydrogens is 204 g/mol. The first-order valence-corrected chi connectivity index (χ1v) is 6.33. The van der Waals surface area contributed by atoms with E-state index in [1.807, 2.05) is 6.92 Å². The zero-order valence-corrected chi connectivity index (χ0v) is 9.87. The van der Waals surface area contributed by atoms with Gasteiger partial charge in [-0.3, -0.25) is 14.5 Å². The van der Waals surface area contributed by atoms with Crippen molar-refractivity contribution in [2.45, 2.75) is 57.5 Å². The first-order chi connectivity index (χ1) is 7.74. The van der Waals surface area contributed by atoms with E-state index in [2.05, 4.69) is 5.32 Å². The van der Waals surface area contributed by atoms with Crippen molar-refractivity contribution in [3.63, 3.8) is 0 Å². The molecule has 1 saturated carbocycles. The Bertz CT molecular complexity index is 285. The topological polar surface area (TPSA) is 49.4 Å². The monoisotopic (exact) mass is 224 g/mol. The van der Waals surface area contributed by atoms with Gasteiger partial charge in [0.05, 0.1) is 12.5 Å². The molecule has 1 atom stereocenters. The first-order valence-electron chi connectivity index (χ1n) is 6.33. The van der Waals surface area contributed by atoms with Crippen LogP contribution in [0.25, 0.3) is 0 Å². The number of hydrogen-bond acceptors (Lipinski definition) is 3. The summed E-state index contributed by atoms with van der Waals surface area (Å²) in [6.45, 7) is 2.70. The molecule has 0 spiro atoms. The van der Waals surface area contributed by atoms with E-state index in [1.54, 1.807) is 0 Å². The first kappa shape index (κ1) is 11.6. The molecule has 2 rings (SSSR count). The summed E-state index contributed by atoms with van der Waals surface area (Å²) in [5.41, 5.74) is 0. The number of likely N-dealkylation sites (N-methyl/N-ethyl adjacent to an activating group) is 1. The van der Waals surface area contributed by atoms with Gasteiger partial charge in [0, 0.05) is 6.04 Å². The third-order valence-corrected chi connectivity index (χ3v) is 3.57. The molecule has 90 valence electrons. The summed E-state index contributed by atoms with van der Waals surface area (Å²) in [6.07, 6.45) is 5.88. The number of likely N-dealkylation sites (tertiary alicyclic amines) is 1. The van der Waals surface area contributed by atoms with Crippen LogP contribution in [0.3, 0.4) is 0 Å². The average molecular weight is 224 g/mol. The third-order valence-electron chi connectivity index (χ3n) is 3.57. The van der Waals surface area contributed by atoms with Gasteiger partial charge < -0.3 is 5.32 Å². The van der Waals surface area contributed by atoms with Gasteiger partial charge in [-0.25, -0.2) is 0 Å². The van der Waals surface area contributed by atoms with Crippen molar-refractivity contribution in [1.82, 2.24) is 10.2 Å². The maximum atomic E-state index is 12.0. The molecule has 16 heavy (non-hydrogen) atoms. The summed E-state index contributed by atoms with van der Waals surface area (Å²) in [5, 5.41) is 3.08. The molecule has 4 nitrogen and oxygen atoms in total. The van der Waals surface area contributed by atoms with Crippen LogP contribution in [0.5, 0.6) is 0 Å². The lowest BCUT2D eigenvalue weighted by atomic mass is 9.94. The Balaban J connectivity index is 2.03. The van der Waals surface area contributed by atoms with E-state index in [9.17, 15) is 9.59 Å². The Morgan fingerprint density at radius 3 is 2.56 bits per heavy atom. The van der Waals surface area contributed by atoms with Crippen LogP contribution in [0.15, 0.2) is 0 Å². The van der Waals surface area contributed by atoms with Crippen molar-refractivity contribution in [1.29, 1.82) is 0 Å². The van der Waals surface area contributed by atoms with Gasteiger partial charge in [0.25, 0.3) is 0 Å². The van der Waals surface area contributed by atoms with Gasteiger partial charge in [-0.05, 0) is 19.4 Å². The molecule has 1 aliphatic heterocycles. The fourth-order valence-corrected chi connectivity index (χ4v) is 2.78. The molecule has 0 bridgehead atoms. The molecule has 0 aromatic heterocycles. The van der Waals surface area contributed by atoms with Gasteiger partial charge >= 0.3 is 0 Å². The van der Waals surface area contributed by atoms with Gasteiger partial charge in [0.1, 0.15) is 0 Å². The Hall–Kier alpha value is -0.900. The van der Waals surface area contributed by atoms with E-state index in [1.165, 1.54) is 11.3 Å². The number of carbonyl (C=O) groups is 2. The predicted molar refractivity (Wildman–Crippen MR) is 60.8 cm³/mol. The van der Waals surface area contributed by atoms with Crippen LogP contribution < -0.4 is 5.32 Å². The molecule has 2 fully saturated rings. The fourth-order valence-electron chi connectivity index (χ4n) is 2.78. The van der Waals surface area contributed by atoms with Crippen molar-refractivity contribution < 1.29 is 9.59 Å². The number of amides is 2. The third kappa shape index (κ3) is 2.12. The van der Waals surface area contributed by atoms with Gasteiger partial charge in [-0.2, -0.15) is 0 Å². The molecule has 1 saturated heterocycles. The molecule has 4 heteroatoms. The highest BCUT2D eigenvalue weighted by Crippen LogP contribution is 2.27. The van der Waals surface area contributed by atoms with Crippen molar-refractivity contribution >= 4 is 11.8 Å². The zero-order valence-electron chi connectivity index (χ0n) is 9.87. The van der Waals surface area contributed by atoms with E-state index in [0.717, 1.165) is 32.2 Å². The van der Waals surface area contributed by atoms with Crippen LogP contribution in [0.4, 0.5) is 0 Å². The van der Waals surface area contributed by atoms with Crippen LogP contribution in [0.2, 0.25) is 0 Å². The SMILES string of the molecule is CCNC1CC(=O)N(C2CCCCC2)C1=O. The summed E-state index contributed by atoms with van der Waals surface area (Å²) in [5.74, 6) is 0.0154. The lowest BCUT2D eigenvalue weighted by Gasteiger charge is -2.29. The second-order valence-corrected chi connectivity index (χ2v) is 4.71. The molecular formula is C12H20N2O2. The number of nitrogens with zero attached hydrogens (tertiary/aromatic N) is 1. The Morgan fingerprint density at radius 2 is 1.94 bits per heavy atom. The normalized spacial score (nSPS) is 27.8. The van der Waals surface area contributed by atoms with Gasteiger partial charge in [-0.15, -0.1) is 0 Å². The highest BCUT2D eigenvalue weighted by molar-refractivity contribution is 6.05. The molecule has 2 amide bonds. The van der Waals surface area contributed by atoms with Crippen LogP contribution in [0.1, 0.15) is 45.4 Å². The number of imide groups is 1. The zero-order chi connectivity index (χ0) is 11.5. The molecule has 1 N–H and O–H groups in total.